The summed E-state index contributed by atoms with van der Waals surface area (Å²) in [7, 11) is 0. The van der Waals surface area contributed by atoms with Crippen molar-refractivity contribution in [3.63, 3.8) is 0 Å². The number of hydrogen-bond donors (Lipinski definition) is 1. The Morgan fingerprint density at radius 3 is 2.25 bits per heavy atom. The van der Waals surface area contributed by atoms with Gasteiger partial charge >= 0.3 is 0 Å². The molecule has 2 aromatic carbocycles. The van der Waals surface area contributed by atoms with E-state index < -0.39 is 0 Å². The highest BCUT2D eigenvalue weighted by molar-refractivity contribution is 6.33. The van der Waals surface area contributed by atoms with Gasteiger partial charge in [0.25, 0.3) is 0 Å². The van der Waals surface area contributed by atoms with Crippen molar-refractivity contribution in [2.75, 3.05) is 0 Å². The van der Waals surface area contributed by atoms with E-state index in [9.17, 15) is 4.79 Å². The Hall–Kier alpha value is -3.15. The molecule has 0 amide bonds. The zero-order chi connectivity index (χ0) is 19.9. The lowest BCUT2D eigenvalue weighted by atomic mass is 10.2. The molecule has 0 spiro atoms. The summed E-state index contributed by atoms with van der Waals surface area (Å²) in [6, 6.07) is 19.2. The van der Waals surface area contributed by atoms with Crippen molar-refractivity contribution in [2.24, 2.45) is 0 Å². The van der Waals surface area contributed by atoms with Gasteiger partial charge in [0.15, 0.2) is 0 Å². The molecule has 1 heterocycles. The zero-order valence-corrected chi connectivity index (χ0v) is 15.9. The van der Waals surface area contributed by atoms with Crippen LogP contribution >= 0.6 is 23.2 Å². The highest BCUT2D eigenvalue weighted by Gasteiger charge is 2.14. The molecule has 140 valence electrons. The Morgan fingerprint density at radius 1 is 0.929 bits per heavy atom. The fourth-order valence-corrected chi connectivity index (χ4v) is 2.74. The number of aromatic nitrogens is 1. The second kappa shape index (κ2) is 9.17. The number of carbonyl (C=O) groups excluding carboxylic acids is 1. The average molecular weight is 413 g/mol. The highest BCUT2D eigenvalue weighted by atomic mass is 35.5. The monoisotopic (exact) mass is 412 g/mol. The lowest BCUT2D eigenvalue weighted by molar-refractivity contribution is -0.104. The minimum absolute atomic E-state index is 0.0695. The summed E-state index contributed by atoms with van der Waals surface area (Å²) in [6.45, 7) is 0. The number of rotatable bonds is 6. The topological polar surface area (TPSA) is 72.3 Å². The summed E-state index contributed by atoms with van der Waals surface area (Å²) in [5.41, 5.74) is 0.849. The van der Waals surface area contributed by atoms with Gasteiger partial charge in [0.2, 0.25) is 5.90 Å². The summed E-state index contributed by atoms with van der Waals surface area (Å²) in [4.78, 5) is 14.9. The molecular weight excluding hydrogens is 399 g/mol. The molecule has 0 atom stereocenters. The van der Waals surface area contributed by atoms with E-state index in [0.29, 0.717) is 28.9 Å². The van der Waals surface area contributed by atoms with Gasteiger partial charge in [-0.05, 0) is 48.5 Å². The number of carbonyl (C=O) groups is 1. The smallest absolute Gasteiger partial charge is 0.219 e. The maximum absolute atomic E-state index is 11.0. The van der Waals surface area contributed by atoms with Gasteiger partial charge < -0.3 is 9.47 Å². The first-order valence-corrected chi connectivity index (χ1v) is 8.90. The molecular formula is C21H14Cl2N2O3. The lowest BCUT2D eigenvalue weighted by Crippen LogP contribution is -2.06. The standard InChI is InChI=1S/C21H14Cl2N2O3/c22-19-11-10-17(20(23)25-19)18(12-13-26)28-21(24)14-6-8-16(9-7-14)27-15-4-2-1-3-5-15/h1-13,24H/b18-12+,24-21?. The van der Waals surface area contributed by atoms with Crippen LogP contribution < -0.4 is 4.74 Å². The van der Waals surface area contributed by atoms with E-state index in [0.717, 1.165) is 6.08 Å². The van der Waals surface area contributed by atoms with Crippen molar-refractivity contribution in [1.82, 2.24) is 4.98 Å². The van der Waals surface area contributed by atoms with E-state index in [-0.39, 0.29) is 22.0 Å². The van der Waals surface area contributed by atoms with Crippen LogP contribution in [-0.2, 0) is 9.53 Å². The minimum Gasteiger partial charge on any atom is -0.457 e. The number of nitrogens with zero attached hydrogens (tertiary/aromatic N) is 1. The second-order valence-electron chi connectivity index (χ2n) is 5.51. The maximum Gasteiger partial charge on any atom is 0.219 e. The summed E-state index contributed by atoms with van der Waals surface area (Å²) < 4.78 is 11.3. The van der Waals surface area contributed by atoms with Crippen LogP contribution in [0.1, 0.15) is 11.1 Å². The molecule has 0 radical (unpaired) electrons. The summed E-state index contributed by atoms with van der Waals surface area (Å²) in [5, 5.41) is 8.46. The Morgan fingerprint density at radius 2 is 1.61 bits per heavy atom. The van der Waals surface area contributed by atoms with Gasteiger partial charge in [-0.1, -0.05) is 41.4 Å². The Labute approximate surface area is 171 Å². The number of benzene rings is 2. The van der Waals surface area contributed by atoms with Crippen LogP contribution in [0.2, 0.25) is 10.3 Å². The van der Waals surface area contributed by atoms with Crippen LogP contribution in [0.5, 0.6) is 11.5 Å². The van der Waals surface area contributed by atoms with Gasteiger partial charge in [0, 0.05) is 11.6 Å². The van der Waals surface area contributed by atoms with Crippen molar-refractivity contribution >= 4 is 41.1 Å². The molecule has 1 aromatic heterocycles. The number of halogens is 2. The highest BCUT2D eigenvalue weighted by Crippen LogP contribution is 2.26. The molecule has 0 aliphatic carbocycles. The number of aldehydes is 1. The second-order valence-corrected chi connectivity index (χ2v) is 6.26. The first-order chi connectivity index (χ1) is 13.6. The quantitative estimate of drug-likeness (QED) is 0.139. The molecule has 0 saturated heterocycles. The molecule has 28 heavy (non-hydrogen) atoms. The number of nitrogens with one attached hydrogen (secondary N) is 1. The van der Waals surface area contributed by atoms with Crippen molar-refractivity contribution in [2.45, 2.75) is 0 Å². The van der Waals surface area contributed by atoms with Crippen molar-refractivity contribution in [3.05, 3.63) is 94.2 Å². The predicted octanol–water partition coefficient (Wildman–Crippen LogP) is 5.76. The lowest BCUT2D eigenvalue weighted by Gasteiger charge is -2.12. The molecule has 0 aliphatic heterocycles. The van der Waals surface area contributed by atoms with E-state index in [1.54, 1.807) is 30.3 Å². The fraction of sp³-hybridized carbons (Fsp3) is 0. The van der Waals surface area contributed by atoms with Crippen LogP contribution in [-0.4, -0.2) is 17.2 Å². The number of allylic oxidation sites excluding steroid dienone is 1. The van der Waals surface area contributed by atoms with Crippen LogP contribution in [0, 0.1) is 5.41 Å². The predicted molar refractivity (Wildman–Crippen MR) is 109 cm³/mol. The number of pyridine rings is 1. The van der Waals surface area contributed by atoms with Gasteiger partial charge in [0.1, 0.15) is 33.9 Å². The van der Waals surface area contributed by atoms with Crippen molar-refractivity contribution in [3.8, 4) is 11.5 Å². The molecule has 0 aliphatic rings. The fourth-order valence-electron chi connectivity index (χ4n) is 2.30. The van der Waals surface area contributed by atoms with Crippen molar-refractivity contribution in [1.29, 1.82) is 5.41 Å². The Bertz CT molecular complexity index is 1020. The molecule has 0 fully saturated rings. The average Bonchev–Trinajstić information content (AvgIpc) is 2.69. The van der Waals surface area contributed by atoms with Gasteiger partial charge in [-0.2, -0.15) is 0 Å². The molecule has 0 saturated carbocycles. The van der Waals surface area contributed by atoms with E-state index in [1.165, 1.54) is 6.07 Å². The largest absolute Gasteiger partial charge is 0.457 e. The number of ether oxygens (including phenoxy) is 2. The van der Waals surface area contributed by atoms with E-state index in [2.05, 4.69) is 4.98 Å². The van der Waals surface area contributed by atoms with Gasteiger partial charge in [0.05, 0.1) is 5.56 Å². The summed E-state index contributed by atoms with van der Waals surface area (Å²) >= 11 is 11.9. The third-order valence-corrected chi connectivity index (χ3v) is 4.11. The van der Waals surface area contributed by atoms with E-state index in [1.807, 2.05) is 30.3 Å². The van der Waals surface area contributed by atoms with Crippen LogP contribution in [0.4, 0.5) is 0 Å². The minimum atomic E-state index is -0.162. The first kappa shape index (κ1) is 19.6. The molecule has 3 aromatic rings. The van der Waals surface area contributed by atoms with Gasteiger partial charge in [-0.3, -0.25) is 10.2 Å². The number of para-hydroxylation sites is 1. The van der Waals surface area contributed by atoms with E-state index >= 15 is 0 Å². The SMILES string of the molecule is N=C(O/C(=C/C=O)c1ccc(Cl)nc1Cl)c1ccc(Oc2ccccc2)cc1. The third-order valence-electron chi connectivity index (χ3n) is 3.61. The molecule has 5 nitrogen and oxygen atoms in total. The van der Waals surface area contributed by atoms with Crippen LogP contribution in [0.3, 0.4) is 0 Å². The van der Waals surface area contributed by atoms with Gasteiger partial charge in [-0.15, -0.1) is 0 Å². The molecule has 7 heteroatoms. The molecule has 3 rings (SSSR count). The maximum atomic E-state index is 11.0. The Kier molecular flexibility index (Phi) is 6.42. The van der Waals surface area contributed by atoms with Crippen LogP contribution in [0.15, 0.2) is 72.8 Å². The first-order valence-electron chi connectivity index (χ1n) is 8.14. The van der Waals surface area contributed by atoms with E-state index in [4.69, 9.17) is 38.1 Å². The Balaban J connectivity index is 1.75. The number of hydrogen-bond acceptors (Lipinski definition) is 5. The molecule has 0 bridgehead atoms. The summed E-state index contributed by atoms with van der Waals surface area (Å²) in [6.07, 6.45) is 1.71. The van der Waals surface area contributed by atoms with Crippen molar-refractivity contribution < 1.29 is 14.3 Å². The third kappa shape index (κ3) is 4.97. The summed E-state index contributed by atoms with van der Waals surface area (Å²) in [5.74, 6) is 1.27. The molecule has 0 unspecified atom stereocenters. The zero-order valence-electron chi connectivity index (χ0n) is 14.4. The van der Waals surface area contributed by atoms with Crippen LogP contribution in [0.25, 0.3) is 5.76 Å². The molecule has 1 N–H and O–H groups in total. The normalized spacial score (nSPS) is 11.0. The van der Waals surface area contributed by atoms with Gasteiger partial charge in [-0.25, -0.2) is 4.98 Å².